The van der Waals surface area contributed by atoms with E-state index in [4.69, 9.17) is 23.2 Å². The van der Waals surface area contributed by atoms with E-state index in [1.165, 1.54) is 23.1 Å². The minimum atomic E-state index is -0.958. The van der Waals surface area contributed by atoms with Crippen LogP contribution in [0, 0.1) is 11.6 Å². The second kappa shape index (κ2) is 6.58. The number of pyridine rings is 1. The molecule has 0 aliphatic rings. The number of carbonyl (C=O) groups excluding carboxylic acids is 1. The molecule has 0 saturated carbocycles. The molecule has 1 aromatic carbocycles. The van der Waals surface area contributed by atoms with Crippen LogP contribution in [0.1, 0.15) is 28.9 Å². The van der Waals surface area contributed by atoms with Gasteiger partial charge in [-0.1, -0.05) is 29.3 Å². The first-order valence-corrected chi connectivity index (χ1v) is 7.10. The fraction of sp³-hybridized carbons (Fsp3) is 0.200. The van der Waals surface area contributed by atoms with Gasteiger partial charge in [-0.2, -0.15) is 0 Å². The molecule has 3 nitrogen and oxygen atoms in total. The monoisotopic (exact) mass is 344 g/mol. The van der Waals surface area contributed by atoms with Crippen molar-refractivity contribution in [3.05, 3.63) is 63.4 Å². The average molecular weight is 345 g/mol. The molecule has 0 bridgehead atoms. The first-order chi connectivity index (χ1) is 10.3. The summed E-state index contributed by atoms with van der Waals surface area (Å²) >= 11 is 11.6. The first kappa shape index (κ1) is 16.6. The van der Waals surface area contributed by atoms with E-state index in [1.807, 2.05) is 0 Å². The van der Waals surface area contributed by atoms with E-state index in [0.717, 1.165) is 12.1 Å². The number of carbonyl (C=O) groups is 1. The Morgan fingerprint density at radius 1 is 1.14 bits per heavy atom. The van der Waals surface area contributed by atoms with E-state index in [2.05, 4.69) is 4.98 Å². The largest absolute Gasteiger partial charge is 0.335 e. The molecular formula is C15H12Cl2F2N2O. The number of hydrogen-bond donors (Lipinski definition) is 0. The maximum Gasteiger partial charge on any atom is 0.254 e. The van der Waals surface area contributed by atoms with Crippen LogP contribution in [0.3, 0.4) is 0 Å². The topological polar surface area (TPSA) is 33.2 Å². The highest BCUT2D eigenvalue weighted by molar-refractivity contribution is 6.33. The van der Waals surface area contributed by atoms with Crippen LogP contribution >= 0.6 is 23.2 Å². The van der Waals surface area contributed by atoms with Gasteiger partial charge >= 0.3 is 0 Å². The Morgan fingerprint density at radius 3 is 2.27 bits per heavy atom. The third-order valence-electron chi connectivity index (χ3n) is 3.34. The van der Waals surface area contributed by atoms with Crippen molar-refractivity contribution in [1.29, 1.82) is 0 Å². The van der Waals surface area contributed by atoms with Crippen LogP contribution in [0.2, 0.25) is 10.3 Å². The van der Waals surface area contributed by atoms with Gasteiger partial charge in [0.2, 0.25) is 0 Å². The van der Waals surface area contributed by atoms with Gasteiger partial charge in [0.25, 0.3) is 5.91 Å². The minimum absolute atomic E-state index is 0.102. The fourth-order valence-corrected chi connectivity index (χ4v) is 2.42. The highest BCUT2D eigenvalue weighted by Crippen LogP contribution is 2.24. The Morgan fingerprint density at radius 2 is 1.73 bits per heavy atom. The Kier molecular flexibility index (Phi) is 4.98. The molecule has 1 heterocycles. The van der Waals surface area contributed by atoms with Gasteiger partial charge in [0.05, 0.1) is 6.04 Å². The molecule has 1 unspecified atom stereocenters. The predicted molar refractivity (Wildman–Crippen MR) is 81.1 cm³/mol. The second-order valence-corrected chi connectivity index (χ2v) is 5.54. The van der Waals surface area contributed by atoms with Crippen LogP contribution < -0.4 is 0 Å². The molecule has 0 aliphatic carbocycles. The van der Waals surface area contributed by atoms with E-state index in [9.17, 15) is 13.6 Å². The predicted octanol–water partition coefficient (Wildman–Crippen LogP) is 4.50. The van der Waals surface area contributed by atoms with Gasteiger partial charge in [0.1, 0.15) is 10.3 Å². The van der Waals surface area contributed by atoms with E-state index >= 15 is 0 Å². The van der Waals surface area contributed by atoms with Gasteiger partial charge in [-0.25, -0.2) is 13.8 Å². The molecule has 7 heteroatoms. The number of halogens is 4. The quantitative estimate of drug-likeness (QED) is 0.768. The smallest absolute Gasteiger partial charge is 0.254 e. The minimum Gasteiger partial charge on any atom is -0.335 e. The lowest BCUT2D eigenvalue weighted by Gasteiger charge is -2.25. The molecule has 1 aromatic heterocycles. The van der Waals surface area contributed by atoms with Gasteiger partial charge in [-0.05, 0) is 36.8 Å². The summed E-state index contributed by atoms with van der Waals surface area (Å²) < 4.78 is 26.3. The van der Waals surface area contributed by atoms with Crippen molar-refractivity contribution < 1.29 is 13.6 Å². The number of amides is 1. The maximum absolute atomic E-state index is 13.3. The average Bonchev–Trinajstić information content (AvgIpc) is 2.46. The number of aromatic nitrogens is 1. The molecule has 1 amide bonds. The normalized spacial score (nSPS) is 12.1. The Hall–Kier alpha value is -1.72. The number of benzene rings is 1. The first-order valence-electron chi connectivity index (χ1n) is 6.35. The zero-order valence-electron chi connectivity index (χ0n) is 11.8. The van der Waals surface area contributed by atoms with E-state index in [1.54, 1.807) is 14.0 Å². The van der Waals surface area contributed by atoms with Crippen molar-refractivity contribution in [2.75, 3.05) is 7.05 Å². The van der Waals surface area contributed by atoms with Gasteiger partial charge in [0.15, 0.2) is 11.6 Å². The van der Waals surface area contributed by atoms with Crippen molar-refractivity contribution in [3.63, 3.8) is 0 Å². The van der Waals surface area contributed by atoms with Gasteiger partial charge < -0.3 is 4.90 Å². The lowest BCUT2D eigenvalue weighted by Crippen LogP contribution is -2.29. The summed E-state index contributed by atoms with van der Waals surface area (Å²) in [6.45, 7) is 1.70. The molecule has 0 aliphatic heterocycles. The summed E-state index contributed by atoms with van der Waals surface area (Å²) in [7, 11) is 1.55. The lowest BCUT2D eigenvalue weighted by molar-refractivity contribution is 0.0742. The van der Waals surface area contributed by atoms with E-state index < -0.39 is 17.7 Å². The van der Waals surface area contributed by atoms with E-state index in [-0.39, 0.29) is 21.8 Å². The van der Waals surface area contributed by atoms with Crippen LogP contribution in [0.25, 0.3) is 0 Å². The second-order valence-electron chi connectivity index (χ2n) is 4.77. The van der Waals surface area contributed by atoms with Crippen molar-refractivity contribution in [1.82, 2.24) is 9.88 Å². The molecule has 0 N–H and O–H groups in total. The maximum atomic E-state index is 13.3. The molecule has 22 heavy (non-hydrogen) atoms. The van der Waals surface area contributed by atoms with Gasteiger partial charge in [0, 0.05) is 12.6 Å². The molecule has 2 rings (SSSR count). The highest BCUT2D eigenvalue weighted by Gasteiger charge is 2.21. The molecular weight excluding hydrogens is 333 g/mol. The molecule has 2 aromatic rings. The van der Waals surface area contributed by atoms with Crippen LogP contribution in [0.4, 0.5) is 8.78 Å². The molecule has 116 valence electrons. The van der Waals surface area contributed by atoms with Crippen molar-refractivity contribution in [2.24, 2.45) is 0 Å². The van der Waals surface area contributed by atoms with Crippen molar-refractivity contribution >= 4 is 29.1 Å². The number of nitrogens with zero attached hydrogens (tertiary/aromatic N) is 2. The SMILES string of the molecule is CC(c1ccc(F)c(F)c1)N(C)C(=O)c1cc(Cl)nc(Cl)c1. The standard InChI is InChI=1S/C15H12Cl2F2N2O/c1-8(9-3-4-11(18)12(19)5-9)21(2)15(22)10-6-13(16)20-14(17)7-10/h3-8H,1-2H3. The van der Waals surface area contributed by atoms with Crippen LogP contribution in [-0.2, 0) is 0 Å². The summed E-state index contributed by atoms with van der Waals surface area (Å²) in [4.78, 5) is 17.6. The fourth-order valence-electron chi connectivity index (χ4n) is 1.96. The third kappa shape index (κ3) is 3.54. The van der Waals surface area contributed by atoms with Gasteiger partial charge in [-0.15, -0.1) is 0 Å². The Labute approximate surface area is 136 Å². The number of rotatable bonds is 3. The van der Waals surface area contributed by atoms with Gasteiger partial charge in [-0.3, -0.25) is 4.79 Å². The zero-order chi connectivity index (χ0) is 16.4. The Bertz CT molecular complexity index is 704. The summed E-state index contributed by atoms with van der Waals surface area (Å²) in [5.74, 6) is -2.25. The summed E-state index contributed by atoms with van der Waals surface area (Å²) in [5.41, 5.74) is 0.739. The third-order valence-corrected chi connectivity index (χ3v) is 3.72. The summed E-state index contributed by atoms with van der Waals surface area (Å²) in [6, 6.07) is 5.84. The van der Waals surface area contributed by atoms with Crippen LogP contribution in [0.15, 0.2) is 30.3 Å². The van der Waals surface area contributed by atoms with Crippen molar-refractivity contribution in [3.8, 4) is 0 Å². The Balaban J connectivity index is 2.27. The van der Waals surface area contributed by atoms with Crippen LogP contribution in [0.5, 0.6) is 0 Å². The summed E-state index contributed by atoms with van der Waals surface area (Å²) in [5, 5.41) is 0.203. The zero-order valence-corrected chi connectivity index (χ0v) is 13.3. The molecule has 0 saturated heterocycles. The molecule has 0 spiro atoms. The lowest BCUT2D eigenvalue weighted by atomic mass is 10.1. The molecule has 0 fully saturated rings. The van der Waals surface area contributed by atoms with E-state index in [0.29, 0.717) is 5.56 Å². The van der Waals surface area contributed by atoms with Crippen molar-refractivity contribution in [2.45, 2.75) is 13.0 Å². The molecule has 1 atom stereocenters. The molecule has 0 radical (unpaired) electrons. The highest BCUT2D eigenvalue weighted by atomic mass is 35.5. The van der Waals surface area contributed by atoms with Crippen LogP contribution in [-0.4, -0.2) is 22.8 Å². The number of hydrogen-bond acceptors (Lipinski definition) is 2. The summed E-state index contributed by atoms with van der Waals surface area (Å²) in [6.07, 6.45) is 0.